The summed E-state index contributed by atoms with van der Waals surface area (Å²) in [5, 5.41) is 7.53. The molecule has 1 aliphatic heterocycles. The lowest BCUT2D eigenvalue weighted by Gasteiger charge is -2.32. The van der Waals surface area contributed by atoms with Crippen LogP contribution in [-0.2, 0) is 7.05 Å². The molecule has 0 bridgehead atoms. The largest absolute Gasteiger partial charge is 0.495 e. The molecule has 5 rings (SSSR count). The number of piperidine rings is 1. The third-order valence-electron chi connectivity index (χ3n) is 7.35. The topological polar surface area (TPSA) is 76.5 Å². The Kier molecular flexibility index (Phi) is 7.70. The molecule has 1 aliphatic rings. The van der Waals surface area contributed by atoms with E-state index in [4.69, 9.17) is 16.3 Å². The van der Waals surface area contributed by atoms with E-state index in [2.05, 4.69) is 34.7 Å². The van der Waals surface area contributed by atoms with Crippen molar-refractivity contribution in [3.05, 3.63) is 100 Å². The van der Waals surface area contributed by atoms with E-state index in [9.17, 15) is 9.59 Å². The van der Waals surface area contributed by atoms with Gasteiger partial charge < -0.3 is 15.0 Å². The number of carbonyl (C=O) groups excluding carboxylic acids is 2. The maximum absolute atomic E-state index is 13.4. The average Bonchev–Trinajstić information content (AvgIpc) is 3.40. The summed E-state index contributed by atoms with van der Waals surface area (Å²) in [6.07, 6.45) is 5.70. The molecule has 0 radical (unpaired) electrons. The van der Waals surface area contributed by atoms with Crippen LogP contribution in [0.2, 0.25) is 5.02 Å². The van der Waals surface area contributed by atoms with Crippen LogP contribution in [0.3, 0.4) is 0 Å². The third kappa shape index (κ3) is 5.83. The van der Waals surface area contributed by atoms with Gasteiger partial charge in [0.1, 0.15) is 5.75 Å². The zero-order valence-corrected chi connectivity index (χ0v) is 23.0. The van der Waals surface area contributed by atoms with E-state index in [1.165, 1.54) is 12.7 Å². The number of halogens is 1. The molecule has 3 aromatic carbocycles. The van der Waals surface area contributed by atoms with Gasteiger partial charge in [0.2, 0.25) is 0 Å². The van der Waals surface area contributed by atoms with Crippen molar-refractivity contribution in [2.45, 2.75) is 25.7 Å². The van der Waals surface area contributed by atoms with Gasteiger partial charge in [-0.25, -0.2) is 0 Å². The van der Waals surface area contributed by atoms with E-state index in [0.29, 0.717) is 46.6 Å². The lowest BCUT2D eigenvalue weighted by Crippen LogP contribution is -2.38. The highest BCUT2D eigenvalue weighted by Gasteiger charge is 2.25. The zero-order chi connectivity index (χ0) is 27.5. The number of aromatic nitrogens is 2. The van der Waals surface area contributed by atoms with Crippen LogP contribution < -0.4 is 10.1 Å². The molecule has 0 unspecified atom stereocenters. The Morgan fingerprint density at radius 2 is 1.69 bits per heavy atom. The van der Waals surface area contributed by atoms with Gasteiger partial charge in [-0.3, -0.25) is 14.3 Å². The summed E-state index contributed by atoms with van der Waals surface area (Å²) >= 11 is 6.18. The molecule has 0 aliphatic carbocycles. The van der Waals surface area contributed by atoms with Crippen molar-refractivity contribution in [3.8, 4) is 16.9 Å². The van der Waals surface area contributed by atoms with Gasteiger partial charge in [0.25, 0.3) is 11.8 Å². The van der Waals surface area contributed by atoms with Crippen LogP contribution in [0.5, 0.6) is 5.75 Å². The Bertz CT molecular complexity index is 1500. The van der Waals surface area contributed by atoms with E-state index in [1.807, 2.05) is 43.4 Å². The number of benzene rings is 3. The molecule has 0 atom stereocenters. The van der Waals surface area contributed by atoms with E-state index >= 15 is 0 Å². The fraction of sp³-hybridized carbons (Fsp3) is 0.258. The highest BCUT2D eigenvalue weighted by molar-refractivity contribution is 6.32. The number of hydrogen-bond acceptors (Lipinski definition) is 4. The molecule has 2 amide bonds. The normalized spacial score (nSPS) is 13.8. The van der Waals surface area contributed by atoms with Crippen molar-refractivity contribution < 1.29 is 14.3 Å². The molecule has 8 heteroatoms. The van der Waals surface area contributed by atoms with Crippen LogP contribution in [0, 0.1) is 6.92 Å². The van der Waals surface area contributed by atoms with Crippen LogP contribution in [0.1, 0.15) is 50.6 Å². The molecule has 7 nitrogen and oxygen atoms in total. The fourth-order valence-corrected chi connectivity index (χ4v) is 5.27. The monoisotopic (exact) mass is 542 g/mol. The van der Waals surface area contributed by atoms with Crippen molar-refractivity contribution in [3.63, 3.8) is 0 Å². The van der Waals surface area contributed by atoms with Crippen LogP contribution in [0.4, 0.5) is 5.69 Å². The Morgan fingerprint density at radius 1 is 0.974 bits per heavy atom. The predicted molar refractivity (Wildman–Crippen MR) is 154 cm³/mol. The number of likely N-dealkylation sites (tertiary alicyclic amines) is 1. The van der Waals surface area contributed by atoms with Gasteiger partial charge in [0.05, 0.1) is 18.3 Å². The Morgan fingerprint density at radius 3 is 2.33 bits per heavy atom. The van der Waals surface area contributed by atoms with E-state index in [0.717, 1.165) is 29.5 Å². The molecule has 39 heavy (non-hydrogen) atoms. The summed E-state index contributed by atoms with van der Waals surface area (Å²) in [4.78, 5) is 28.1. The standard InChI is InChI=1S/C31H31ClN4O3/c1-20-4-5-25(17-28(20)34-30(37)24-10-11-29(39-3)27(32)16-24)31(38)36-14-12-23(13-15-36)21-6-8-22(9-7-21)26-18-33-35(2)19-26/h4-11,16-19,23H,12-15H2,1-3H3,(H,34,37). The quantitative estimate of drug-likeness (QED) is 0.309. The van der Waals surface area contributed by atoms with Gasteiger partial charge in [0.15, 0.2) is 0 Å². The summed E-state index contributed by atoms with van der Waals surface area (Å²) in [7, 11) is 3.44. The van der Waals surface area contributed by atoms with Gasteiger partial charge in [-0.05, 0) is 72.7 Å². The third-order valence-corrected chi connectivity index (χ3v) is 7.64. The first-order valence-electron chi connectivity index (χ1n) is 13.0. The second-order valence-electron chi connectivity index (χ2n) is 9.92. The number of carbonyl (C=O) groups is 2. The molecule has 1 saturated heterocycles. The molecule has 1 N–H and O–H groups in total. The van der Waals surface area contributed by atoms with Crippen LogP contribution in [-0.4, -0.2) is 46.7 Å². The fourth-order valence-electron chi connectivity index (χ4n) is 5.01. The number of nitrogens with one attached hydrogen (secondary N) is 1. The van der Waals surface area contributed by atoms with Gasteiger partial charge in [-0.2, -0.15) is 5.10 Å². The van der Waals surface area contributed by atoms with Crippen molar-refractivity contribution in [1.82, 2.24) is 14.7 Å². The first kappa shape index (κ1) is 26.5. The Hall–Kier alpha value is -4.10. The van der Waals surface area contributed by atoms with Crippen molar-refractivity contribution in [2.75, 3.05) is 25.5 Å². The minimum atomic E-state index is -0.303. The van der Waals surface area contributed by atoms with Crippen molar-refractivity contribution >= 4 is 29.1 Å². The molecule has 1 fully saturated rings. The summed E-state index contributed by atoms with van der Waals surface area (Å²) < 4.78 is 6.97. The summed E-state index contributed by atoms with van der Waals surface area (Å²) in [6.45, 7) is 3.28. The summed E-state index contributed by atoms with van der Waals surface area (Å²) in [6, 6.07) is 19.0. The number of ether oxygens (including phenoxy) is 1. The molecule has 1 aromatic heterocycles. The maximum atomic E-state index is 13.4. The minimum absolute atomic E-state index is 0.0247. The van der Waals surface area contributed by atoms with Gasteiger partial charge >= 0.3 is 0 Å². The number of anilines is 1. The van der Waals surface area contributed by atoms with Crippen LogP contribution in [0.25, 0.3) is 11.1 Å². The van der Waals surface area contributed by atoms with Crippen LogP contribution in [0.15, 0.2) is 73.1 Å². The summed E-state index contributed by atoms with van der Waals surface area (Å²) in [5.74, 6) is 0.592. The predicted octanol–water partition coefficient (Wildman–Crippen LogP) is 6.33. The van der Waals surface area contributed by atoms with E-state index in [1.54, 1.807) is 28.9 Å². The molecule has 2 heterocycles. The molecule has 0 saturated carbocycles. The number of rotatable bonds is 6. The van der Waals surface area contributed by atoms with Crippen molar-refractivity contribution in [2.24, 2.45) is 7.05 Å². The van der Waals surface area contributed by atoms with E-state index < -0.39 is 0 Å². The first-order valence-corrected chi connectivity index (χ1v) is 13.3. The lowest BCUT2D eigenvalue weighted by atomic mass is 9.88. The summed E-state index contributed by atoms with van der Waals surface area (Å²) in [5.41, 5.74) is 5.99. The van der Waals surface area contributed by atoms with Gasteiger partial charge in [-0.1, -0.05) is 41.9 Å². The molecular weight excluding hydrogens is 512 g/mol. The zero-order valence-electron chi connectivity index (χ0n) is 22.3. The molecule has 4 aromatic rings. The molecular formula is C31H31ClN4O3. The average molecular weight is 543 g/mol. The highest BCUT2D eigenvalue weighted by Crippen LogP contribution is 2.31. The van der Waals surface area contributed by atoms with Crippen molar-refractivity contribution in [1.29, 1.82) is 0 Å². The SMILES string of the molecule is COc1ccc(C(=O)Nc2cc(C(=O)N3CCC(c4ccc(-c5cnn(C)c5)cc4)CC3)ccc2C)cc1Cl. The Labute approximate surface area is 233 Å². The van der Waals surface area contributed by atoms with E-state index in [-0.39, 0.29) is 11.8 Å². The number of amides is 2. The van der Waals surface area contributed by atoms with Gasteiger partial charge in [0, 0.05) is 48.7 Å². The number of methoxy groups -OCH3 is 1. The second kappa shape index (κ2) is 11.3. The number of hydrogen-bond donors (Lipinski definition) is 1. The minimum Gasteiger partial charge on any atom is -0.495 e. The van der Waals surface area contributed by atoms with Crippen LogP contribution >= 0.6 is 11.6 Å². The molecule has 0 spiro atoms. The first-order chi connectivity index (χ1) is 18.8. The Balaban J connectivity index is 1.22. The number of aryl methyl sites for hydroxylation is 2. The maximum Gasteiger partial charge on any atom is 0.255 e. The lowest BCUT2D eigenvalue weighted by molar-refractivity contribution is 0.0712. The number of nitrogens with zero attached hydrogens (tertiary/aromatic N) is 3. The van der Waals surface area contributed by atoms with Gasteiger partial charge in [-0.15, -0.1) is 0 Å². The highest BCUT2D eigenvalue weighted by atomic mass is 35.5. The smallest absolute Gasteiger partial charge is 0.255 e. The molecule has 200 valence electrons. The second-order valence-corrected chi connectivity index (χ2v) is 10.3.